The maximum absolute atomic E-state index is 12.2. The van der Waals surface area contributed by atoms with Crippen molar-refractivity contribution in [3.05, 3.63) is 59.7 Å². The molecule has 0 radical (unpaired) electrons. The molecule has 1 unspecified atom stereocenters. The first-order chi connectivity index (χ1) is 13.9. The SMILES string of the molecule is CCc1ccc(NC(=O)CC2N=C(/N=C(\N)Nc3ccc(C)cc3)NC2=O)cc1. The van der Waals surface area contributed by atoms with Gasteiger partial charge in [0.2, 0.25) is 17.8 Å². The molecule has 29 heavy (non-hydrogen) atoms. The van der Waals surface area contributed by atoms with Crippen LogP contribution in [0, 0.1) is 6.92 Å². The van der Waals surface area contributed by atoms with Crippen molar-refractivity contribution in [1.82, 2.24) is 5.32 Å². The molecular formula is C21H24N6O2. The van der Waals surface area contributed by atoms with Gasteiger partial charge in [0.15, 0.2) is 0 Å². The van der Waals surface area contributed by atoms with Gasteiger partial charge in [0.25, 0.3) is 5.91 Å². The maximum Gasteiger partial charge on any atom is 0.252 e. The van der Waals surface area contributed by atoms with E-state index >= 15 is 0 Å². The Balaban J connectivity index is 1.58. The number of carbonyl (C=O) groups is 2. The quantitative estimate of drug-likeness (QED) is 0.460. The van der Waals surface area contributed by atoms with Crippen molar-refractivity contribution in [2.75, 3.05) is 10.6 Å². The fourth-order valence-corrected chi connectivity index (χ4v) is 2.77. The van der Waals surface area contributed by atoms with Crippen LogP contribution in [0.5, 0.6) is 0 Å². The summed E-state index contributed by atoms with van der Waals surface area (Å²) < 4.78 is 0. The van der Waals surface area contributed by atoms with Gasteiger partial charge in [-0.1, -0.05) is 36.8 Å². The molecule has 1 aliphatic heterocycles. The van der Waals surface area contributed by atoms with Crippen LogP contribution in [0.2, 0.25) is 0 Å². The van der Waals surface area contributed by atoms with Crippen LogP contribution >= 0.6 is 0 Å². The summed E-state index contributed by atoms with van der Waals surface area (Å²) in [4.78, 5) is 32.6. The third kappa shape index (κ3) is 5.65. The van der Waals surface area contributed by atoms with E-state index in [1.54, 1.807) is 0 Å². The number of hydrogen-bond donors (Lipinski definition) is 4. The van der Waals surface area contributed by atoms with Gasteiger partial charge in [-0.25, -0.2) is 4.99 Å². The third-order valence-corrected chi connectivity index (χ3v) is 4.39. The smallest absolute Gasteiger partial charge is 0.252 e. The molecule has 1 aliphatic rings. The molecule has 8 nitrogen and oxygen atoms in total. The van der Waals surface area contributed by atoms with E-state index in [2.05, 4.69) is 32.9 Å². The van der Waals surface area contributed by atoms with Crippen LogP contribution < -0.4 is 21.7 Å². The second kappa shape index (κ2) is 9.01. The zero-order chi connectivity index (χ0) is 20.8. The molecule has 8 heteroatoms. The fraction of sp³-hybridized carbons (Fsp3) is 0.238. The molecule has 0 saturated carbocycles. The predicted molar refractivity (Wildman–Crippen MR) is 115 cm³/mol. The minimum Gasteiger partial charge on any atom is -0.369 e. The van der Waals surface area contributed by atoms with E-state index < -0.39 is 6.04 Å². The molecule has 150 valence electrons. The molecule has 0 saturated heterocycles. The molecule has 2 aromatic rings. The summed E-state index contributed by atoms with van der Waals surface area (Å²) in [6.45, 7) is 4.05. The van der Waals surface area contributed by atoms with E-state index in [0.29, 0.717) is 5.69 Å². The lowest BCUT2D eigenvalue weighted by Gasteiger charge is -2.07. The molecule has 1 heterocycles. The molecule has 2 amide bonds. The highest BCUT2D eigenvalue weighted by molar-refractivity contribution is 6.11. The molecule has 0 spiro atoms. The second-order valence-electron chi connectivity index (χ2n) is 6.75. The highest BCUT2D eigenvalue weighted by atomic mass is 16.2. The Morgan fingerprint density at radius 1 is 1.10 bits per heavy atom. The minimum absolute atomic E-state index is 0.0777. The van der Waals surface area contributed by atoms with Crippen LogP contribution in [0.25, 0.3) is 0 Å². The van der Waals surface area contributed by atoms with E-state index in [1.807, 2.05) is 55.5 Å². The molecule has 0 aromatic heterocycles. The molecule has 0 fully saturated rings. The largest absolute Gasteiger partial charge is 0.369 e. The van der Waals surface area contributed by atoms with Gasteiger partial charge in [-0.3, -0.25) is 14.9 Å². The molecule has 1 atom stereocenters. The van der Waals surface area contributed by atoms with Crippen LogP contribution in [0.15, 0.2) is 58.5 Å². The number of carbonyl (C=O) groups excluding carboxylic acids is 2. The predicted octanol–water partition coefficient (Wildman–Crippen LogP) is 2.17. The van der Waals surface area contributed by atoms with Gasteiger partial charge in [0, 0.05) is 11.4 Å². The Labute approximate surface area is 169 Å². The first-order valence-electron chi connectivity index (χ1n) is 9.38. The average Bonchev–Trinajstić information content (AvgIpc) is 3.02. The van der Waals surface area contributed by atoms with E-state index in [9.17, 15) is 9.59 Å². The van der Waals surface area contributed by atoms with Crippen LogP contribution in [-0.4, -0.2) is 29.8 Å². The monoisotopic (exact) mass is 392 g/mol. The summed E-state index contributed by atoms with van der Waals surface area (Å²) in [6, 6.07) is 14.4. The summed E-state index contributed by atoms with van der Waals surface area (Å²) in [5.41, 5.74) is 9.63. The molecule has 2 aromatic carbocycles. The Morgan fingerprint density at radius 3 is 2.38 bits per heavy atom. The van der Waals surface area contributed by atoms with Gasteiger partial charge in [0.1, 0.15) is 6.04 Å². The number of aryl methyl sites for hydroxylation is 2. The summed E-state index contributed by atoms with van der Waals surface area (Å²) >= 11 is 0. The number of nitrogens with zero attached hydrogens (tertiary/aromatic N) is 2. The second-order valence-corrected chi connectivity index (χ2v) is 6.75. The van der Waals surface area contributed by atoms with Gasteiger partial charge in [-0.15, -0.1) is 0 Å². The van der Waals surface area contributed by atoms with Gasteiger partial charge in [-0.2, -0.15) is 4.99 Å². The molecule has 3 rings (SSSR count). The molecular weight excluding hydrogens is 368 g/mol. The number of aliphatic imine (C=N–C) groups is 2. The zero-order valence-electron chi connectivity index (χ0n) is 16.4. The number of anilines is 2. The Bertz CT molecular complexity index is 948. The maximum atomic E-state index is 12.2. The van der Waals surface area contributed by atoms with E-state index in [4.69, 9.17) is 5.73 Å². The first-order valence-corrected chi connectivity index (χ1v) is 9.38. The lowest BCUT2D eigenvalue weighted by atomic mass is 10.1. The lowest BCUT2D eigenvalue weighted by Crippen LogP contribution is -2.32. The van der Waals surface area contributed by atoms with Crippen molar-refractivity contribution in [3.8, 4) is 0 Å². The summed E-state index contributed by atoms with van der Waals surface area (Å²) in [6.07, 6.45) is 0.849. The molecule has 0 bridgehead atoms. The number of guanidine groups is 2. The summed E-state index contributed by atoms with van der Waals surface area (Å²) in [7, 11) is 0. The Morgan fingerprint density at radius 2 is 1.72 bits per heavy atom. The van der Waals surface area contributed by atoms with Gasteiger partial charge >= 0.3 is 0 Å². The van der Waals surface area contributed by atoms with Crippen LogP contribution in [0.1, 0.15) is 24.5 Å². The van der Waals surface area contributed by atoms with Crippen LogP contribution in [-0.2, 0) is 16.0 Å². The number of benzene rings is 2. The average molecular weight is 392 g/mol. The van der Waals surface area contributed by atoms with Crippen LogP contribution in [0.4, 0.5) is 11.4 Å². The van der Waals surface area contributed by atoms with Crippen molar-refractivity contribution >= 4 is 35.1 Å². The summed E-state index contributed by atoms with van der Waals surface area (Å²) in [5, 5.41) is 8.23. The van der Waals surface area contributed by atoms with E-state index in [0.717, 1.165) is 17.7 Å². The number of rotatable bonds is 5. The van der Waals surface area contributed by atoms with Crippen molar-refractivity contribution in [3.63, 3.8) is 0 Å². The zero-order valence-corrected chi connectivity index (χ0v) is 16.4. The lowest BCUT2D eigenvalue weighted by molar-refractivity contribution is -0.123. The van der Waals surface area contributed by atoms with Gasteiger partial charge in [-0.05, 0) is 43.2 Å². The molecule has 5 N–H and O–H groups in total. The first kappa shape index (κ1) is 20.1. The van der Waals surface area contributed by atoms with E-state index in [-0.39, 0.29) is 30.2 Å². The number of hydrogen-bond acceptors (Lipinski definition) is 4. The number of amides is 2. The Kier molecular flexibility index (Phi) is 6.23. The number of nitrogens with one attached hydrogen (secondary N) is 3. The number of nitrogens with two attached hydrogens (primary N) is 1. The van der Waals surface area contributed by atoms with Crippen molar-refractivity contribution in [1.29, 1.82) is 0 Å². The van der Waals surface area contributed by atoms with Gasteiger partial charge in [0.05, 0.1) is 6.42 Å². The topological polar surface area (TPSA) is 121 Å². The standard InChI is InChI=1S/C21H24N6O2/c1-3-14-6-10-15(11-7-14)23-18(28)12-17-19(29)26-21(25-17)27-20(22)24-16-8-4-13(2)5-9-16/h4-11,17H,3,12H2,1-2H3,(H,23,28)(H4,22,24,25,26,27,29). The Hall–Kier alpha value is -3.68. The highest BCUT2D eigenvalue weighted by Crippen LogP contribution is 2.13. The third-order valence-electron chi connectivity index (χ3n) is 4.39. The van der Waals surface area contributed by atoms with E-state index in [1.165, 1.54) is 5.56 Å². The minimum atomic E-state index is -0.837. The van der Waals surface area contributed by atoms with Gasteiger partial charge < -0.3 is 16.4 Å². The van der Waals surface area contributed by atoms with Crippen molar-refractivity contribution < 1.29 is 9.59 Å². The van der Waals surface area contributed by atoms with Crippen molar-refractivity contribution in [2.45, 2.75) is 32.7 Å². The van der Waals surface area contributed by atoms with Crippen molar-refractivity contribution in [2.24, 2.45) is 15.7 Å². The molecule has 0 aliphatic carbocycles. The van der Waals surface area contributed by atoms with Crippen LogP contribution in [0.3, 0.4) is 0 Å². The normalized spacial score (nSPS) is 16.2. The summed E-state index contributed by atoms with van der Waals surface area (Å²) in [5.74, 6) is -0.510. The highest BCUT2D eigenvalue weighted by Gasteiger charge is 2.28. The fourth-order valence-electron chi connectivity index (χ4n) is 2.77.